The highest BCUT2D eigenvalue weighted by Gasteiger charge is 2.27. The molecule has 0 N–H and O–H groups in total. The maximum atomic E-state index is 4.56. The fraction of sp³-hybridized carbons (Fsp3) is 0.133. The van der Waals surface area contributed by atoms with E-state index in [1.54, 1.807) is 0 Å². The van der Waals surface area contributed by atoms with Crippen molar-refractivity contribution in [3.63, 3.8) is 0 Å². The first-order valence-electron chi connectivity index (χ1n) is 22.4. The van der Waals surface area contributed by atoms with E-state index in [1.807, 2.05) is 0 Å². The van der Waals surface area contributed by atoms with Crippen molar-refractivity contribution >= 4 is 62.1 Å². The van der Waals surface area contributed by atoms with Crippen LogP contribution in [0.2, 0.25) is 0 Å². The molecular formula is C60H48N2. The van der Waals surface area contributed by atoms with Crippen molar-refractivity contribution in [2.75, 3.05) is 4.90 Å². The molecule has 2 heterocycles. The van der Waals surface area contributed by atoms with E-state index < -0.39 is 0 Å². The van der Waals surface area contributed by atoms with Crippen LogP contribution in [0.5, 0.6) is 0 Å². The van der Waals surface area contributed by atoms with Crippen LogP contribution in [0.15, 0.2) is 200 Å². The SMILES string of the molecule is C=C1/C=C\C=C/N(c2ccc(C3=CC=C4c5ccc6c(c5C=CC4C3)C=CCC6)cc2)c2ccc(-c3ccc4c(c3)c3ccccc3n4[C@H]3C=C(C4C=CC=CC4)C=CC3)cc21. The number of nitrogens with zero attached hydrogens (tertiary/aromatic N) is 2. The molecule has 0 saturated heterocycles. The van der Waals surface area contributed by atoms with Gasteiger partial charge in [-0.3, -0.25) is 0 Å². The summed E-state index contributed by atoms with van der Waals surface area (Å²) in [6.45, 7) is 4.56. The molecule has 6 aromatic rings. The van der Waals surface area contributed by atoms with Crippen LogP contribution in [-0.2, 0) is 6.42 Å². The smallest absolute Gasteiger partial charge is 0.0563 e. The molecule has 6 aliphatic rings. The average Bonchev–Trinajstić information content (AvgIpc) is 3.67. The minimum Gasteiger partial charge on any atom is -0.333 e. The predicted molar refractivity (Wildman–Crippen MR) is 265 cm³/mol. The molecule has 0 fully saturated rings. The first kappa shape index (κ1) is 36.7. The average molecular weight is 797 g/mol. The minimum absolute atomic E-state index is 0.265. The van der Waals surface area contributed by atoms with E-state index in [9.17, 15) is 0 Å². The first-order chi connectivity index (χ1) is 30.6. The summed E-state index contributed by atoms with van der Waals surface area (Å²) in [5, 5.41) is 2.59. The van der Waals surface area contributed by atoms with Crippen molar-refractivity contribution in [2.45, 2.75) is 38.1 Å². The molecule has 2 unspecified atom stereocenters. The third-order valence-electron chi connectivity index (χ3n) is 14.0. The number of allylic oxidation sites excluding steroid dienone is 18. The van der Waals surface area contributed by atoms with Crippen molar-refractivity contribution in [2.24, 2.45) is 11.8 Å². The molecule has 0 amide bonds. The Bertz CT molecular complexity index is 3180. The van der Waals surface area contributed by atoms with E-state index in [2.05, 4.69) is 217 Å². The van der Waals surface area contributed by atoms with Gasteiger partial charge in [0.25, 0.3) is 0 Å². The first-order valence-corrected chi connectivity index (χ1v) is 22.4. The zero-order valence-corrected chi connectivity index (χ0v) is 34.9. The lowest BCUT2D eigenvalue weighted by Gasteiger charge is -2.30. The normalized spacial score (nSPS) is 21.9. The Morgan fingerprint density at radius 2 is 1.47 bits per heavy atom. The van der Waals surface area contributed by atoms with Gasteiger partial charge in [0, 0.05) is 51.1 Å². The van der Waals surface area contributed by atoms with Crippen LogP contribution in [0, 0.1) is 11.8 Å². The van der Waals surface area contributed by atoms with Gasteiger partial charge >= 0.3 is 0 Å². The third kappa shape index (κ3) is 6.24. The van der Waals surface area contributed by atoms with Gasteiger partial charge in [-0.15, -0.1) is 0 Å². The number of hydrogen-bond acceptors (Lipinski definition) is 1. The van der Waals surface area contributed by atoms with Gasteiger partial charge in [-0.05, 0) is 142 Å². The van der Waals surface area contributed by atoms with Crippen LogP contribution in [0.1, 0.15) is 65.1 Å². The molecule has 3 atom stereocenters. The highest BCUT2D eigenvalue weighted by atomic mass is 15.1. The molecule has 0 saturated carbocycles. The van der Waals surface area contributed by atoms with Crippen LogP contribution < -0.4 is 4.90 Å². The Hall–Kier alpha value is -7.16. The molecule has 2 nitrogen and oxygen atoms in total. The number of fused-ring (bicyclic) bond motifs is 9. The Balaban J connectivity index is 0.853. The third-order valence-corrected chi connectivity index (χ3v) is 14.0. The van der Waals surface area contributed by atoms with E-state index in [0.717, 1.165) is 54.6 Å². The summed E-state index contributed by atoms with van der Waals surface area (Å²) in [5.41, 5.74) is 20.5. The van der Waals surface area contributed by atoms with Gasteiger partial charge in [-0.1, -0.05) is 152 Å². The van der Waals surface area contributed by atoms with Crippen LogP contribution >= 0.6 is 0 Å². The zero-order valence-electron chi connectivity index (χ0n) is 34.9. The summed E-state index contributed by atoms with van der Waals surface area (Å²) < 4.78 is 2.57. The molecule has 0 spiro atoms. The van der Waals surface area contributed by atoms with Crippen LogP contribution in [0.3, 0.4) is 0 Å². The Kier molecular flexibility index (Phi) is 8.92. The zero-order chi connectivity index (χ0) is 41.1. The molecule has 5 aliphatic carbocycles. The molecule has 62 heavy (non-hydrogen) atoms. The van der Waals surface area contributed by atoms with E-state index in [0.29, 0.717) is 11.8 Å². The van der Waals surface area contributed by atoms with Gasteiger partial charge in [-0.2, -0.15) is 0 Å². The van der Waals surface area contributed by atoms with Gasteiger partial charge < -0.3 is 9.47 Å². The van der Waals surface area contributed by atoms with Gasteiger partial charge in [-0.25, -0.2) is 0 Å². The lowest BCUT2D eigenvalue weighted by Crippen LogP contribution is -2.13. The van der Waals surface area contributed by atoms with Crippen LogP contribution in [0.4, 0.5) is 11.4 Å². The Morgan fingerprint density at radius 3 is 2.39 bits per heavy atom. The fourth-order valence-electron chi connectivity index (χ4n) is 10.8. The Morgan fingerprint density at radius 1 is 0.597 bits per heavy atom. The number of rotatable bonds is 5. The molecule has 2 heteroatoms. The summed E-state index contributed by atoms with van der Waals surface area (Å²) in [6, 6.07) is 36.9. The second-order valence-electron chi connectivity index (χ2n) is 17.5. The highest BCUT2D eigenvalue weighted by molar-refractivity contribution is 6.09. The maximum absolute atomic E-state index is 4.56. The van der Waals surface area contributed by atoms with E-state index >= 15 is 0 Å². The highest BCUT2D eigenvalue weighted by Crippen LogP contribution is 2.45. The van der Waals surface area contributed by atoms with Gasteiger partial charge in [0.2, 0.25) is 0 Å². The van der Waals surface area contributed by atoms with Crippen LogP contribution in [0.25, 0.3) is 61.8 Å². The summed E-state index contributed by atoms with van der Waals surface area (Å²) in [6.07, 6.45) is 44.2. The number of para-hydroxylation sites is 1. The van der Waals surface area contributed by atoms with Crippen LogP contribution in [-0.4, -0.2) is 4.57 Å². The van der Waals surface area contributed by atoms with Gasteiger partial charge in [0.15, 0.2) is 0 Å². The summed E-state index contributed by atoms with van der Waals surface area (Å²) in [4.78, 5) is 2.30. The van der Waals surface area contributed by atoms with Crippen molar-refractivity contribution < 1.29 is 0 Å². The molecule has 5 aromatic carbocycles. The van der Waals surface area contributed by atoms with Gasteiger partial charge in [0.1, 0.15) is 0 Å². The van der Waals surface area contributed by atoms with E-state index in [-0.39, 0.29) is 6.04 Å². The van der Waals surface area contributed by atoms with E-state index in [1.165, 1.54) is 77.5 Å². The van der Waals surface area contributed by atoms with Crippen molar-refractivity contribution in [1.29, 1.82) is 0 Å². The second-order valence-corrected chi connectivity index (χ2v) is 17.5. The lowest BCUT2D eigenvalue weighted by atomic mass is 9.75. The molecule has 12 rings (SSSR count). The number of aryl methyl sites for hydroxylation is 1. The van der Waals surface area contributed by atoms with E-state index in [4.69, 9.17) is 0 Å². The topological polar surface area (TPSA) is 8.17 Å². The number of aromatic nitrogens is 1. The quantitative estimate of drug-likeness (QED) is 0.169. The fourth-order valence-corrected chi connectivity index (χ4v) is 10.8. The molecular weight excluding hydrogens is 749 g/mol. The number of hydrogen-bond donors (Lipinski definition) is 0. The predicted octanol–water partition coefficient (Wildman–Crippen LogP) is 15.7. The standard InChI is InChI=1S/C60H48N2/c1-40-12-9-10-35-61(49-28-21-42(22-29-49)45-24-30-52-48(36-45)25-32-53-51-18-6-5-15-43(51)23-31-54(52)53)58-33-26-46(38-56(40)58)47-27-34-60-57(39-47)55-19-7-8-20-59(55)62(60)50-17-11-16-44(37-50)41-13-3-2-4-14-41/h2-4,6-13,16,18-35,37-39,41,48,50H,1,5,14-15,17,36H2/b12-9-,35-10-/t41?,48?,50-/m1/s1. The molecule has 0 radical (unpaired) electrons. The number of anilines is 2. The maximum Gasteiger partial charge on any atom is 0.0563 e. The van der Waals surface area contributed by atoms with Crippen molar-refractivity contribution in [3.8, 4) is 11.1 Å². The minimum atomic E-state index is 0.265. The molecule has 0 bridgehead atoms. The summed E-state index contributed by atoms with van der Waals surface area (Å²) >= 11 is 0. The number of benzene rings is 5. The molecule has 298 valence electrons. The summed E-state index contributed by atoms with van der Waals surface area (Å²) in [7, 11) is 0. The van der Waals surface area contributed by atoms with Crippen molar-refractivity contribution in [3.05, 3.63) is 234 Å². The molecule has 1 aromatic heterocycles. The van der Waals surface area contributed by atoms with Crippen molar-refractivity contribution in [1.82, 2.24) is 4.57 Å². The van der Waals surface area contributed by atoms with Gasteiger partial charge in [0.05, 0.1) is 11.7 Å². The monoisotopic (exact) mass is 796 g/mol. The summed E-state index contributed by atoms with van der Waals surface area (Å²) in [5.74, 6) is 0.833. The second kappa shape index (κ2) is 15.1. The largest absolute Gasteiger partial charge is 0.333 e. The lowest BCUT2D eigenvalue weighted by molar-refractivity contribution is 0.628. The molecule has 1 aliphatic heterocycles. The Labute approximate surface area is 364 Å².